The molecular formula is C20H15F4N3O3S2. The predicted octanol–water partition coefficient (Wildman–Crippen LogP) is 4.77. The topological polar surface area (TPSA) is 88.2 Å². The van der Waals surface area contributed by atoms with Gasteiger partial charge in [-0.05, 0) is 48.5 Å². The number of nitrogens with one attached hydrogen (secondary N) is 2. The van der Waals surface area contributed by atoms with Crippen LogP contribution in [0, 0.1) is 5.82 Å². The van der Waals surface area contributed by atoms with Gasteiger partial charge in [-0.3, -0.25) is 9.52 Å². The fourth-order valence-electron chi connectivity index (χ4n) is 2.46. The van der Waals surface area contributed by atoms with Gasteiger partial charge in [0.05, 0.1) is 32.6 Å². The lowest BCUT2D eigenvalue weighted by atomic mass is 10.3. The van der Waals surface area contributed by atoms with Crippen molar-refractivity contribution in [3.05, 3.63) is 78.2 Å². The first-order valence-corrected chi connectivity index (χ1v) is 11.3. The number of hydrogen-bond acceptors (Lipinski definition) is 5. The number of nitrogens with zero attached hydrogens (tertiary/aromatic N) is 1. The summed E-state index contributed by atoms with van der Waals surface area (Å²) >= 11 is 0.920. The number of rotatable bonds is 7. The van der Waals surface area contributed by atoms with E-state index in [1.54, 1.807) is 12.1 Å². The second kappa shape index (κ2) is 9.57. The Balaban J connectivity index is 1.65. The zero-order valence-corrected chi connectivity index (χ0v) is 17.7. The summed E-state index contributed by atoms with van der Waals surface area (Å²) in [5.74, 6) is -1.28. The Hall–Kier alpha value is -3.12. The number of aromatic nitrogens is 1. The Morgan fingerprint density at radius 2 is 1.62 bits per heavy atom. The van der Waals surface area contributed by atoms with Crippen LogP contribution in [0.3, 0.4) is 0 Å². The lowest BCUT2D eigenvalue weighted by molar-refractivity contribution is -0.137. The van der Waals surface area contributed by atoms with Crippen LogP contribution in [0.5, 0.6) is 0 Å². The summed E-state index contributed by atoms with van der Waals surface area (Å²) in [6.45, 7) is 0. The van der Waals surface area contributed by atoms with Crippen molar-refractivity contribution in [1.29, 1.82) is 0 Å². The number of pyridine rings is 1. The van der Waals surface area contributed by atoms with Crippen molar-refractivity contribution in [2.45, 2.75) is 16.1 Å². The predicted molar refractivity (Wildman–Crippen MR) is 112 cm³/mol. The zero-order valence-electron chi connectivity index (χ0n) is 16.1. The van der Waals surface area contributed by atoms with Gasteiger partial charge in [0, 0.05) is 6.20 Å². The molecular weight excluding hydrogens is 470 g/mol. The number of hydrogen-bond donors (Lipinski definition) is 2. The minimum atomic E-state index is -4.50. The summed E-state index contributed by atoms with van der Waals surface area (Å²) in [6, 6.07) is 12.3. The molecule has 32 heavy (non-hydrogen) atoms. The smallest absolute Gasteiger partial charge is 0.324 e. The van der Waals surface area contributed by atoms with E-state index in [4.69, 9.17) is 0 Å². The Bertz CT molecular complexity index is 1200. The van der Waals surface area contributed by atoms with Gasteiger partial charge in [0.2, 0.25) is 5.91 Å². The fraction of sp³-hybridized carbons (Fsp3) is 0.100. The highest BCUT2D eigenvalue weighted by atomic mass is 32.2. The van der Waals surface area contributed by atoms with Crippen LogP contribution in [0.2, 0.25) is 0 Å². The maximum Gasteiger partial charge on any atom is 0.417 e. The quantitative estimate of drug-likeness (QED) is 0.372. The molecule has 3 aromatic rings. The number of anilines is 2. The molecule has 1 heterocycles. The van der Waals surface area contributed by atoms with Crippen LogP contribution in [0.4, 0.5) is 28.9 Å². The molecule has 0 saturated carbocycles. The SMILES string of the molecule is O=C(CSc1ccc(C(F)(F)F)cn1)Nc1ccccc1NS(=O)(=O)c1ccc(F)cc1. The summed E-state index contributed by atoms with van der Waals surface area (Å²) in [5, 5.41) is 2.77. The van der Waals surface area contributed by atoms with Gasteiger partial charge < -0.3 is 5.32 Å². The van der Waals surface area contributed by atoms with Gasteiger partial charge >= 0.3 is 6.18 Å². The van der Waals surface area contributed by atoms with E-state index in [2.05, 4.69) is 15.0 Å². The third-order valence-corrected chi connectivity index (χ3v) is 6.31. The molecule has 0 radical (unpaired) electrons. The molecule has 0 saturated heterocycles. The number of benzene rings is 2. The average Bonchev–Trinajstić information content (AvgIpc) is 2.73. The number of amides is 1. The molecule has 1 amide bonds. The maximum atomic E-state index is 13.1. The van der Waals surface area contributed by atoms with Gasteiger partial charge in [0.1, 0.15) is 5.82 Å². The molecule has 12 heteroatoms. The van der Waals surface area contributed by atoms with Crippen molar-refractivity contribution < 1.29 is 30.8 Å². The van der Waals surface area contributed by atoms with Crippen LogP contribution in [-0.4, -0.2) is 25.1 Å². The number of carbonyl (C=O) groups is 1. The lowest BCUT2D eigenvalue weighted by Gasteiger charge is -2.13. The first-order valence-electron chi connectivity index (χ1n) is 8.88. The number of sulfonamides is 1. The number of alkyl halides is 3. The van der Waals surface area contributed by atoms with Crippen molar-refractivity contribution >= 4 is 39.1 Å². The number of halogens is 4. The van der Waals surface area contributed by atoms with Crippen molar-refractivity contribution in [3.8, 4) is 0 Å². The highest BCUT2D eigenvalue weighted by Gasteiger charge is 2.30. The van der Waals surface area contributed by atoms with Crippen LogP contribution in [0.15, 0.2) is 76.8 Å². The fourth-order valence-corrected chi connectivity index (χ4v) is 4.18. The second-order valence-corrected chi connectivity index (χ2v) is 9.00. The molecule has 0 aliphatic carbocycles. The van der Waals surface area contributed by atoms with E-state index in [0.29, 0.717) is 6.20 Å². The average molecular weight is 485 g/mol. The summed E-state index contributed by atoms with van der Waals surface area (Å²) in [6.07, 6.45) is -3.82. The van der Waals surface area contributed by atoms with Crippen LogP contribution in [-0.2, 0) is 21.0 Å². The van der Waals surface area contributed by atoms with Crippen LogP contribution >= 0.6 is 11.8 Å². The van der Waals surface area contributed by atoms with Gasteiger partial charge in [0.25, 0.3) is 10.0 Å². The molecule has 0 aliphatic heterocycles. The van der Waals surface area contributed by atoms with Gasteiger partial charge in [-0.2, -0.15) is 13.2 Å². The van der Waals surface area contributed by atoms with Crippen LogP contribution in [0.25, 0.3) is 0 Å². The summed E-state index contributed by atoms with van der Waals surface area (Å²) in [4.78, 5) is 15.8. The largest absolute Gasteiger partial charge is 0.417 e. The lowest BCUT2D eigenvalue weighted by Crippen LogP contribution is -2.18. The van der Waals surface area contributed by atoms with E-state index in [0.717, 1.165) is 48.2 Å². The molecule has 0 aliphatic rings. The zero-order chi connectivity index (χ0) is 23.4. The molecule has 0 atom stereocenters. The summed E-state index contributed by atoms with van der Waals surface area (Å²) < 4.78 is 78.2. The van der Waals surface area contributed by atoms with Crippen molar-refractivity contribution in [1.82, 2.24) is 4.98 Å². The van der Waals surface area contributed by atoms with Gasteiger partial charge in [-0.15, -0.1) is 0 Å². The Kier molecular flexibility index (Phi) is 7.04. The van der Waals surface area contributed by atoms with E-state index in [9.17, 15) is 30.8 Å². The van der Waals surface area contributed by atoms with E-state index in [-0.39, 0.29) is 27.0 Å². The Morgan fingerprint density at radius 3 is 2.22 bits per heavy atom. The highest BCUT2D eigenvalue weighted by molar-refractivity contribution is 7.99. The number of thioether (sulfide) groups is 1. The van der Waals surface area contributed by atoms with E-state index < -0.39 is 33.5 Å². The molecule has 2 aromatic carbocycles. The molecule has 0 bridgehead atoms. The molecule has 6 nitrogen and oxygen atoms in total. The van der Waals surface area contributed by atoms with Crippen LogP contribution < -0.4 is 10.0 Å². The van der Waals surface area contributed by atoms with Gasteiger partial charge in [-0.25, -0.2) is 17.8 Å². The first kappa shape index (κ1) is 23.5. The minimum Gasteiger partial charge on any atom is -0.324 e. The van der Waals surface area contributed by atoms with Crippen molar-refractivity contribution in [3.63, 3.8) is 0 Å². The Labute approximate surface area is 185 Å². The molecule has 0 fully saturated rings. The first-order chi connectivity index (χ1) is 15.0. The monoisotopic (exact) mass is 485 g/mol. The standard InChI is InChI=1S/C20H15F4N3O3S2/c21-14-6-8-15(9-7-14)32(29,30)27-17-4-2-1-3-16(17)26-18(28)12-31-19-10-5-13(11-25-19)20(22,23)24/h1-11,27H,12H2,(H,26,28). The van der Waals surface area contributed by atoms with Gasteiger partial charge in [-0.1, -0.05) is 23.9 Å². The van der Waals surface area contributed by atoms with Crippen molar-refractivity contribution in [2.75, 3.05) is 15.8 Å². The second-order valence-electron chi connectivity index (χ2n) is 6.32. The van der Waals surface area contributed by atoms with E-state index in [1.807, 2.05) is 0 Å². The van der Waals surface area contributed by atoms with E-state index in [1.165, 1.54) is 12.1 Å². The highest BCUT2D eigenvalue weighted by Crippen LogP contribution is 2.30. The summed E-state index contributed by atoms with van der Waals surface area (Å²) in [7, 11) is -4.03. The molecule has 168 valence electrons. The molecule has 3 rings (SSSR count). The van der Waals surface area contributed by atoms with Gasteiger partial charge in [0.15, 0.2) is 0 Å². The normalized spacial score (nSPS) is 11.8. The Morgan fingerprint density at radius 1 is 0.969 bits per heavy atom. The number of para-hydroxylation sites is 2. The summed E-state index contributed by atoms with van der Waals surface area (Å²) in [5.41, 5.74) is -0.638. The molecule has 2 N–H and O–H groups in total. The minimum absolute atomic E-state index is 0.0860. The van der Waals surface area contributed by atoms with Crippen LogP contribution in [0.1, 0.15) is 5.56 Å². The molecule has 0 unspecified atom stereocenters. The maximum absolute atomic E-state index is 13.1. The number of carbonyl (C=O) groups excluding carboxylic acids is 1. The third-order valence-electron chi connectivity index (χ3n) is 3.98. The van der Waals surface area contributed by atoms with E-state index >= 15 is 0 Å². The molecule has 0 spiro atoms. The van der Waals surface area contributed by atoms with Crippen molar-refractivity contribution in [2.24, 2.45) is 0 Å². The molecule has 1 aromatic heterocycles. The third kappa shape index (κ3) is 6.20.